The molecule has 32 heavy (non-hydrogen) atoms. The molecule has 4 rings (SSSR count). The molecule has 0 aliphatic carbocycles. The van der Waals surface area contributed by atoms with Crippen LogP contribution in [0.5, 0.6) is 0 Å². The lowest BCUT2D eigenvalue weighted by molar-refractivity contribution is -0.141. The Labute approximate surface area is 188 Å². The van der Waals surface area contributed by atoms with E-state index in [0.29, 0.717) is 5.82 Å². The zero-order chi connectivity index (χ0) is 22.2. The Morgan fingerprint density at radius 1 is 1.03 bits per heavy atom. The highest BCUT2D eigenvalue weighted by Crippen LogP contribution is 2.28. The number of hydrogen-bond acceptors (Lipinski definition) is 7. The highest BCUT2D eigenvalue weighted by atomic mass is 16.5. The van der Waals surface area contributed by atoms with Crippen molar-refractivity contribution in [3.63, 3.8) is 0 Å². The van der Waals surface area contributed by atoms with Gasteiger partial charge in [0.25, 0.3) is 0 Å². The van der Waals surface area contributed by atoms with E-state index in [1.165, 1.54) is 12.7 Å². The van der Waals surface area contributed by atoms with Gasteiger partial charge in [-0.15, -0.1) is 5.10 Å². The molecule has 0 unspecified atom stereocenters. The van der Waals surface area contributed by atoms with Crippen molar-refractivity contribution in [3.8, 4) is 0 Å². The molecule has 0 radical (unpaired) electrons. The maximum atomic E-state index is 11.8. The van der Waals surface area contributed by atoms with Crippen LogP contribution in [0.15, 0.2) is 66.7 Å². The number of methoxy groups -OCH3 is 1. The summed E-state index contributed by atoms with van der Waals surface area (Å²) in [5, 5.41) is 12.2. The van der Waals surface area contributed by atoms with Crippen LogP contribution in [0.1, 0.15) is 23.0 Å². The van der Waals surface area contributed by atoms with Crippen molar-refractivity contribution in [1.82, 2.24) is 30.0 Å². The number of ether oxygens (including phenoxy) is 1. The summed E-state index contributed by atoms with van der Waals surface area (Å²) < 4.78 is 6.35. The van der Waals surface area contributed by atoms with Crippen LogP contribution in [-0.2, 0) is 16.1 Å². The van der Waals surface area contributed by atoms with Gasteiger partial charge >= 0.3 is 5.97 Å². The number of esters is 1. The topological polar surface area (TPSA) is 76.4 Å². The standard InChI is InChI=1S/C24H28N6O2/c1-32-22(31)19-30-24(25-26-27-30)23(21-12-6-3-7-13-21)29-17-15-28(16-18-29)14-8-11-20-9-4-2-5-10-20/h2-13,23H,14-19H2,1H3/b11-8+/t23-/m1/s1. The molecule has 1 aromatic heterocycles. The molecule has 0 N–H and O–H groups in total. The van der Waals surface area contributed by atoms with Crippen LogP contribution in [0.2, 0.25) is 0 Å². The van der Waals surface area contributed by atoms with Gasteiger partial charge in [0.1, 0.15) is 6.54 Å². The fourth-order valence-electron chi connectivity index (χ4n) is 3.97. The molecule has 166 valence electrons. The monoisotopic (exact) mass is 432 g/mol. The van der Waals surface area contributed by atoms with Gasteiger partial charge in [-0.2, -0.15) is 0 Å². The molecule has 1 aliphatic rings. The summed E-state index contributed by atoms with van der Waals surface area (Å²) in [5.74, 6) is 0.277. The number of carbonyl (C=O) groups excluding carboxylic acids is 1. The van der Waals surface area contributed by atoms with Crippen LogP contribution < -0.4 is 0 Å². The van der Waals surface area contributed by atoms with Gasteiger partial charge < -0.3 is 4.74 Å². The Balaban J connectivity index is 1.45. The number of aromatic nitrogens is 4. The first-order valence-electron chi connectivity index (χ1n) is 10.8. The van der Waals surface area contributed by atoms with Crippen molar-refractivity contribution in [3.05, 3.63) is 83.7 Å². The van der Waals surface area contributed by atoms with Crippen molar-refractivity contribution in [2.45, 2.75) is 12.6 Å². The molecule has 2 aromatic carbocycles. The van der Waals surface area contributed by atoms with Gasteiger partial charge in [0.2, 0.25) is 0 Å². The fraction of sp³-hybridized carbons (Fsp3) is 0.333. The first-order chi connectivity index (χ1) is 15.7. The average molecular weight is 433 g/mol. The molecule has 0 bridgehead atoms. The largest absolute Gasteiger partial charge is 0.468 e. The molecule has 3 aromatic rings. The van der Waals surface area contributed by atoms with Crippen LogP contribution in [0.3, 0.4) is 0 Å². The number of rotatable bonds is 8. The molecule has 1 fully saturated rings. The van der Waals surface area contributed by atoms with E-state index in [1.54, 1.807) is 4.68 Å². The summed E-state index contributed by atoms with van der Waals surface area (Å²) in [4.78, 5) is 16.7. The van der Waals surface area contributed by atoms with Gasteiger partial charge in [-0.3, -0.25) is 14.6 Å². The quantitative estimate of drug-likeness (QED) is 0.506. The molecule has 0 saturated carbocycles. The summed E-state index contributed by atoms with van der Waals surface area (Å²) in [7, 11) is 1.37. The highest BCUT2D eigenvalue weighted by Gasteiger charge is 2.30. The Morgan fingerprint density at radius 2 is 1.72 bits per heavy atom. The van der Waals surface area contributed by atoms with E-state index in [1.807, 2.05) is 24.3 Å². The first kappa shape index (κ1) is 21.9. The van der Waals surface area contributed by atoms with E-state index in [4.69, 9.17) is 4.74 Å². The summed E-state index contributed by atoms with van der Waals surface area (Å²) in [6.45, 7) is 4.56. The molecule has 0 amide bonds. The van der Waals surface area contributed by atoms with Crippen molar-refractivity contribution in [1.29, 1.82) is 0 Å². The first-order valence-corrected chi connectivity index (χ1v) is 10.8. The van der Waals surface area contributed by atoms with Crippen LogP contribution in [0.4, 0.5) is 0 Å². The number of piperazine rings is 1. The molecular formula is C24H28N6O2. The minimum absolute atomic E-state index is 0.00753. The van der Waals surface area contributed by atoms with Gasteiger partial charge in [-0.05, 0) is 21.6 Å². The summed E-state index contributed by atoms with van der Waals surface area (Å²) in [5.41, 5.74) is 2.32. The Hall–Kier alpha value is -3.36. The fourth-order valence-corrected chi connectivity index (χ4v) is 3.97. The number of nitrogens with zero attached hydrogens (tertiary/aromatic N) is 6. The summed E-state index contributed by atoms with van der Waals surface area (Å²) in [6, 6.07) is 20.4. The van der Waals surface area contributed by atoms with Crippen LogP contribution in [0.25, 0.3) is 6.08 Å². The third kappa shape index (κ3) is 5.46. The number of hydrogen-bond donors (Lipinski definition) is 0. The maximum Gasteiger partial charge on any atom is 0.327 e. The zero-order valence-electron chi connectivity index (χ0n) is 18.2. The zero-order valence-corrected chi connectivity index (χ0v) is 18.2. The molecule has 8 nitrogen and oxygen atoms in total. The van der Waals surface area contributed by atoms with E-state index >= 15 is 0 Å². The Morgan fingerprint density at radius 3 is 2.41 bits per heavy atom. The van der Waals surface area contributed by atoms with Gasteiger partial charge in [-0.1, -0.05) is 72.8 Å². The highest BCUT2D eigenvalue weighted by molar-refractivity contribution is 5.68. The van der Waals surface area contributed by atoms with E-state index < -0.39 is 0 Å². The molecule has 0 spiro atoms. The lowest BCUT2D eigenvalue weighted by atomic mass is 10.0. The Bertz CT molecular complexity index is 1010. The average Bonchev–Trinajstić information content (AvgIpc) is 3.29. The number of benzene rings is 2. The second kappa shape index (κ2) is 10.8. The predicted molar refractivity (Wildman–Crippen MR) is 122 cm³/mol. The minimum Gasteiger partial charge on any atom is -0.468 e. The molecule has 1 saturated heterocycles. The lowest BCUT2D eigenvalue weighted by Gasteiger charge is -2.38. The summed E-state index contributed by atoms with van der Waals surface area (Å²) >= 11 is 0. The van der Waals surface area contributed by atoms with Gasteiger partial charge in [-0.25, -0.2) is 4.68 Å². The van der Waals surface area contributed by atoms with Crippen LogP contribution in [0, 0.1) is 0 Å². The third-order valence-electron chi connectivity index (χ3n) is 5.67. The molecule has 1 aliphatic heterocycles. The van der Waals surface area contributed by atoms with E-state index in [9.17, 15) is 4.79 Å². The predicted octanol–water partition coefficient (Wildman–Crippen LogP) is 2.27. The second-order valence-electron chi connectivity index (χ2n) is 7.73. The normalized spacial score (nSPS) is 16.3. The van der Waals surface area contributed by atoms with Crippen LogP contribution in [-0.4, -0.2) is 75.8 Å². The minimum atomic E-state index is -0.375. The molecule has 8 heteroatoms. The second-order valence-corrected chi connectivity index (χ2v) is 7.73. The van der Waals surface area contributed by atoms with Gasteiger partial charge in [0.15, 0.2) is 5.82 Å². The van der Waals surface area contributed by atoms with Crippen molar-refractivity contribution < 1.29 is 9.53 Å². The third-order valence-corrected chi connectivity index (χ3v) is 5.67. The SMILES string of the molecule is COC(=O)Cn1nnnc1[C@@H](c1ccccc1)N1CCN(C/C=C/c2ccccc2)CC1. The Kier molecular flexibility index (Phi) is 7.37. The van der Waals surface area contributed by atoms with Crippen molar-refractivity contribution >= 4 is 12.0 Å². The van der Waals surface area contributed by atoms with E-state index in [-0.39, 0.29) is 18.6 Å². The summed E-state index contributed by atoms with van der Waals surface area (Å²) in [6.07, 6.45) is 4.39. The van der Waals surface area contributed by atoms with E-state index in [0.717, 1.165) is 38.3 Å². The lowest BCUT2D eigenvalue weighted by Crippen LogP contribution is -2.48. The van der Waals surface area contributed by atoms with Gasteiger partial charge in [0.05, 0.1) is 13.2 Å². The number of tetrazole rings is 1. The smallest absolute Gasteiger partial charge is 0.327 e. The van der Waals surface area contributed by atoms with Gasteiger partial charge in [0, 0.05) is 32.7 Å². The molecule has 2 heterocycles. The van der Waals surface area contributed by atoms with Crippen LogP contribution >= 0.6 is 0 Å². The van der Waals surface area contributed by atoms with Crippen molar-refractivity contribution in [2.75, 3.05) is 39.8 Å². The molecular weight excluding hydrogens is 404 g/mol. The van der Waals surface area contributed by atoms with Crippen molar-refractivity contribution in [2.24, 2.45) is 0 Å². The number of carbonyl (C=O) groups is 1. The van der Waals surface area contributed by atoms with E-state index in [2.05, 4.69) is 73.9 Å². The molecule has 1 atom stereocenters. The maximum absolute atomic E-state index is 11.8.